The number of carboxylic acid groups (broad SMARTS) is 1. The highest BCUT2D eigenvalue weighted by molar-refractivity contribution is 6.35. The molecule has 1 aromatic heterocycles. The van der Waals surface area contributed by atoms with E-state index in [0.29, 0.717) is 46.8 Å². The summed E-state index contributed by atoms with van der Waals surface area (Å²) in [6.45, 7) is 1.27. The Balaban J connectivity index is 1.62. The summed E-state index contributed by atoms with van der Waals surface area (Å²) in [6, 6.07) is 5.27. The average molecular weight is 368 g/mol. The van der Waals surface area contributed by atoms with Crippen molar-refractivity contribution in [2.45, 2.75) is 13.0 Å². The fourth-order valence-electron chi connectivity index (χ4n) is 2.52. The van der Waals surface area contributed by atoms with Crippen LogP contribution in [0.2, 0.25) is 10.0 Å². The minimum atomic E-state index is -0.783. The number of carbonyl (C=O) groups is 1. The molecule has 0 aliphatic carbocycles. The Hall–Kier alpha value is -2.05. The zero-order valence-corrected chi connectivity index (χ0v) is 14.2. The Bertz CT molecular complexity index is 720. The summed E-state index contributed by atoms with van der Waals surface area (Å²) in [4.78, 5) is 21.3. The van der Waals surface area contributed by atoms with Crippen molar-refractivity contribution in [3.63, 3.8) is 0 Å². The summed E-state index contributed by atoms with van der Waals surface area (Å²) < 4.78 is 5.62. The van der Waals surface area contributed by atoms with E-state index < -0.39 is 5.97 Å². The Morgan fingerprint density at radius 3 is 2.54 bits per heavy atom. The van der Waals surface area contributed by atoms with Crippen molar-refractivity contribution in [3.8, 4) is 5.75 Å². The predicted octanol–water partition coefficient (Wildman–Crippen LogP) is 3.27. The molecule has 1 N–H and O–H groups in total. The number of halogens is 2. The lowest BCUT2D eigenvalue weighted by atomic mass is 10.1. The number of anilines is 1. The number of aromatic nitrogens is 2. The van der Waals surface area contributed by atoms with Crippen molar-refractivity contribution in [3.05, 3.63) is 46.2 Å². The van der Waals surface area contributed by atoms with Crippen LogP contribution in [0.4, 0.5) is 5.95 Å². The van der Waals surface area contributed by atoms with Gasteiger partial charge in [-0.1, -0.05) is 29.3 Å². The molecule has 126 valence electrons. The maximum atomic E-state index is 11.0. The first kappa shape index (κ1) is 16.8. The van der Waals surface area contributed by atoms with Gasteiger partial charge in [-0.2, -0.15) is 0 Å². The molecule has 8 heteroatoms. The van der Waals surface area contributed by atoms with Gasteiger partial charge in [-0.3, -0.25) is 4.79 Å². The van der Waals surface area contributed by atoms with Gasteiger partial charge in [0, 0.05) is 28.7 Å². The van der Waals surface area contributed by atoms with Gasteiger partial charge in [0.05, 0.1) is 18.3 Å². The molecule has 1 unspecified atom stereocenters. The Morgan fingerprint density at radius 1 is 1.29 bits per heavy atom. The fraction of sp³-hybridized carbons (Fsp3) is 0.312. The molecule has 1 aliphatic rings. The van der Waals surface area contributed by atoms with Crippen LogP contribution >= 0.6 is 23.2 Å². The summed E-state index contributed by atoms with van der Waals surface area (Å²) in [7, 11) is 0. The standard InChI is InChI=1S/C16H15Cl2N3O3/c17-13-2-1-3-14(18)12(13)9-24-11-6-19-16(20-7-11)21-5-4-10(8-21)15(22)23/h1-3,6-7,10H,4-5,8-9H2,(H,22,23). The molecule has 0 amide bonds. The zero-order valence-electron chi connectivity index (χ0n) is 12.7. The molecule has 24 heavy (non-hydrogen) atoms. The van der Waals surface area contributed by atoms with Gasteiger partial charge in [0.15, 0.2) is 5.75 Å². The number of ether oxygens (including phenoxy) is 1. The molecule has 0 spiro atoms. The first-order chi connectivity index (χ1) is 11.5. The van der Waals surface area contributed by atoms with Gasteiger partial charge >= 0.3 is 5.97 Å². The Labute approximate surface area is 149 Å². The van der Waals surface area contributed by atoms with E-state index in [1.54, 1.807) is 30.6 Å². The monoisotopic (exact) mass is 367 g/mol. The molecular weight excluding hydrogens is 353 g/mol. The van der Waals surface area contributed by atoms with Crippen LogP contribution in [0.5, 0.6) is 5.75 Å². The summed E-state index contributed by atoms with van der Waals surface area (Å²) in [5.74, 6) is -0.161. The Morgan fingerprint density at radius 2 is 1.96 bits per heavy atom. The second-order valence-corrected chi connectivity index (χ2v) is 6.29. The van der Waals surface area contributed by atoms with E-state index in [1.807, 2.05) is 4.90 Å². The minimum Gasteiger partial charge on any atom is -0.486 e. The van der Waals surface area contributed by atoms with Crippen LogP contribution in [0.3, 0.4) is 0 Å². The second-order valence-electron chi connectivity index (χ2n) is 5.48. The van der Waals surface area contributed by atoms with Crippen LogP contribution in [0.25, 0.3) is 0 Å². The lowest BCUT2D eigenvalue weighted by molar-refractivity contribution is -0.140. The predicted molar refractivity (Wildman–Crippen MR) is 90.8 cm³/mol. The van der Waals surface area contributed by atoms with Crippen LogP contribution in [0, 0.1) is 5.92 Å². The number of aliphatic carboxylic acids is 1. The number of carboxylic acids is 1. The lowest BCUT2D eigenvalue weighted by Crippen LogP contribution is -2.24. The third-order valence-corrected chi connectivity index (χ3v) is 4.59. The van der Waals surface area contributed by atoms with E-state index in [2.05, 4.69) is 9.97 Å². The van der Waals surface area contributed by atoms with Crippen molar-refractivity contribution >= 4 is 35.1 Å². The molecule has 1 atom stereocenters. The van der Waals surface area contributed by atoms with Crippen LogP contribution < -0.4 is 9.64 Å². The first-order valence-corrected chi connectivity index (χ1v) is 8.15. The molecule has 1 aromatic carbocycles. The van der Waals surface area contributed by atoms with E-state index in [0.717, 1.165) is 0 Å². The third-order valence-electron chi connectivity index (χ3n) is 3.88. The molecule has 6 nitrogen and oxygen atoms in total. The molecule has 0 saturated carbocycles. The third kappa shape index (κ3) is 3.71. The van der Waals surface area contributed by atoms with Crippen LogP contribution in [-0.4, -0.2) is 34.1 Å². The van der Waals surface area contributed by atoms with E-state index in [4.69, 9.17) is 33.0 Å². The number of benzene rings is 1. The van der Waals surface area contributed by atoms with Gasteiger partial charge in [-0.15, -0.1) is 0 Å². The molecule has 2 heterocycles. The summed E-state index contributed by atoms with van der Waals surface area (Å²) in [5, 5.41) is 10.1. The lowest BCUT2D eigenvalue weighted by Gasteiger charge is -2.15. The maximum Gasteiger partial charge on any atom is 0.308 e. The van der Waals surface area contributed by atoms with Gasteiger partial charge in [-0.25, -0.2) is 9.97 Å². The van der Waals surface area contributed by atoms with E-state index in [1.165, 1.54) is 0 Å². The molecule has 2 aromatic rings. The highest BCUT2D eigenvalue weighted by Gasteiger charge is 2.29. The second kappa shape index (κ2) is 7.23. The maximum absolute atomic E-state index is 11.0. The van der Waals surface area contributed by atoms with Crippen LogP contribution in [0.1, 0.15) is 12.0 Å². The van der Waals surface area contributed by atoms with Crippen molar-refractivity contribution < 1.29 is 14.6 Å². The van der Waals surface area contributed by atoms with Crippen LogP contribution in [-0.2, 0) is 11.4 Å². The summed E-state index contributed by atoms with van der Waals surface area (Å²) in [6.07, 6.45) is 3.71. The zero-order chi connectivity index (χ0) is 17.1. The number of hydrogen-bond acceptors (Lipinski definition) is 5. The molecule has 0 bridgehead atoms. The van der Waals surface area contributed by atoms with E-state index >= 15 is 0 Å². The van der Waals surface area contributed by atoms with Crippen molar-refractivity contribution in [1.29, 1.82) is 0 Å². The largest absolute Gasteiger partial charge is 0.486 e. The minimum absolute atomic E-state index is 0.214. The van der Waals surface area contributed by atoms with E-state index in [-0.39, 0.29) is 12.5 Å². The van der Waals surface area contributed by atoms with Gasteiger partial charge in [-0.05, 0) is 18.6 Å². The highest BCUT2D eigenvalue weighted by Crippen LogP contribution is 2.26. The summed E-state index contributed by atoms with van der Waals surface area (Å²) in [5.41, 5.74) is 0.703. The van der Waals surface area contributed by atoms with Gasteiger partial charge < -0.3 is 14.7 Å². The van der Waals surface area contributed by atoms with Crippen molar-refractivity contribution in [2.24, 2.45) is 5.92 Å². The number of rotatable bonds is 5. The molecule has 1 fully saturated rings. The molecule has 3 rings (SSSR count). The Kier molecular flexibility index (Phi) is 5.06. The van der Waals surface area contributed by atoms with Gasteiger partial charge in [0.25, 0.3) is 0 Å². The quantitative estimate of drug-likeness (QED) is 0.873. The molecule has 1 aliphatic heterocycles. The first-order valence-electron chi connectivity index (χ1n) is 7.40. The van der Waals surface area contributed by atoms with Gasteiger partial charge in [0.2, 0.25) is 5.95 Å². The smallest absolute Gasteiger partial charge is 0.308 e. The number of hydrogen-bond donors (Lipinski definition) is 1. The van der Waals surface area contributed by atoms with Gasteiger partial charge in [0.1, 0.15) is 6.61 Å². The van der Waals surface area contributed by atoms with Crippen LogP contribution in [0.15, 0.2) is 30.6 Å². The van der Waals surface area contributed by atoms with E-state index in [9.17, 15) is 4.79 Å². The highest BCUT2D eigenvalue weighted by atomic mass is 35.5. The molecule has 1 saturated heterocycles. The molecular formula is C16H15Cl2N3O3. The average Bonchev–Trinajstić information content (AvgIpc) is 3.05. The summed E-state index contributed by atoms with van der Waals surface area (Å²) >= 11 is 12.2. The fourth-order valence-corrected chi connectivity index (χ4v) is 3.02. The van der Waals surface area contributed by atoms with Crippen molar-refractivity contribution in [1.82, 2.24) is 9.97 Å². The molecule has 0 radical (unpaired) electrons. The van der Waals surface area contributed by atoms with Crippen molar-refractivity contribution in [2.75, 3.05) is 18.0 Å². The SMILES string of the molecule is O=C(O)C1CCN(c2ncc(OCc3c(Cl)cccc3Cl)cn2)C1. The normalized spacial score (nSPS) is 17.1. The topological polar surface area (TPSA) is 75.5 Å². The number of nitrogens with zero attached hydrogens (tertiary/aromatic N) is 3.